The Labute approximate surface area is 184 Å². The average Bonchev–Trinajstić information content (AvgIpc) is 3.24. The van der Waals surface area contributed by atoms with Crippen molar-refractivity contribution in [3.8, 4) is 0 Å². The molecule has 0 aliphatic heterocycles. The fourth-order valence-electron chi connectivity index (χ4n) is 3.76. The lowest BCUT2D eigenvalue weighted by atomic mass is 10.1. The maximum absolute atomic E-state index is 13.4. The highest BCUT2D eigenvalue weighted by molar-refractivity contribution is 7.99. The molecule has 0 spiro atoms. The molecule has 30 heavy (non-hydrogen) atoms. The van der Waals surface area contributed by atoms with Crippen LogP contribution in [0, 0.1) is 13.8 Å². The summed E-state index contributed by atoms with van der Waals surface area (Å²) < 4.78 is 27.9. The molecule has 1 N–H and O–H groups in total. The first-order valence-electron chi connectivity index (χ1n) is 10.4. The van der Waals surface area contributed by atoms with Crippen molar-refractivity contribution in [1.29, 1.82) is 0 Å². The molecule has 2 aromatic carbocycles. The number of hydrogen-bond acceptors (Lipinski definition) is 4. The van der Waals surface area contributed by atoms with Gasteiger partial charge in [-0.15, -0.1) is 0 Å². The van der Waals surface area contributed by atoms with Crippen LogP contribution in [0.25, 0.3) is 0 Å². The van der Waals surface area contributed by atoms with E-state index in [9.17, 15) is 13.2 Å². The smallest absolute Gasteiger partial charge is 0.264 e. The Morgan fingerprint density at radius 3 is 2.47 bits per heavy atom. The van der Waals surface area contributed by atoms with Crippen molar-refractivity contribution in [2.24, 2.45) is 0 Å². The SMILES string of the molecule is Cc1ccc(N(CC(=O)NCCSC2CCCC2)S(=O)(=O)c2ccccc2)c(C)c1. The average molecular weight is 447 g/mol. The number of anilines is 1. The molecule has 162 valence electrons. The van der Waals surface area contributed by atoms with Crippen LogP contribution < -0.4 is 9.62 Å². The van der Waals surface area contributed by atoms with Crippen LogP contribution in [0.4, 0.5) is 5.69 Å². The highest BCUT2D eigenvalue weighted by atomic mass is 32.2. The minimum atomic E-state index is -3.86. The number of rotatable bonds is 9. The second kappa shape index (κ2) is 10.4. The Hall–Kier alpha value is -1.99. The predicted molar refractivity (Wildman–Crippen MR) is 125 cm³/mol. The van der Waals surface area contributed by atoms with E-state index < -0.39 is 10.0 Å². The van der Waals surface area contributed by atoms with Crippen LogP contribution in [0.3, 0.4) is 0 Å². The molecule has 0 heterocycles. The highest BCUT2D eigenvalue weighted by Crippen LogP contribution is 2.29. The van der Waals surface area contributed by atoms with Gasteiger partial charge in [-0.3, -0.25) is 9.10 Å². The first kappa shape index (κ1) is 22.7. The van der Waals surface area contributed by atoms with E-state index in [1.54, 1.807) is 36.4 Å². The van der Waals surface area contributed by atoms with Crippen molar-refractivity contribution in [3.05, 3.63) is 59.7 Å². The van der Waals surface area contributed by atoms with E-state index in [1.165, 1.54) is 30.0 Å². The van der Waals surface area contributed by atoms with Gasteiger partial charge in [-0.1, -0.05) is 48.7 Å². The molecule has 3 rings (SSSR count). The molecule has 2 aromatic rings. The van der Waals surface area contributed by atoms with Crippen LogP contribution >= 0.6 is 11.8 Å². The molecule has 1 amide bonds. The lowest BCUT2D eigenvalue weighted by Gasteiger charge is -2.26. The van der Waals surface area contributed by atoms with Gasteiger partial charge in [-0.25, -0.2) is 8.42 Å². The number of benzene rings is 2. The summed E-state index contributed by atoms with van der Waals surface area (Å²) in [5.74, 6) is 0.562. The minimum absolute atomic E-state index is 0.176. The van der Waals surface area contributed by atoms with E-state index in [0.29, 0.717) is 17.5 Å². The van der Waals surface area contributed by atoms with Gasteiger partial charge in [0.25, 0.3) is 10.0 Å². The van der Waals surface area contributed by atoms with Crippen LogP contribution in [0.15, 0.2) is 53.4 Å². The first-order valence-corrected chi connectivity index (χ1v) is 12.9. The van der Waals surface area contributed by atoms with Gasteiger partial charge in [-0.2, -0.15) is 11.8 Å². The molecule has 1 aliphatic carbocycles. The van der Waals surface area contributed by atoms with Gasteiger partial charge in [-0.05, 0) is 50.5 Å². The fourth-order valence-corrected chi connectivity index (χ4v) is 6.49. The van der Waals surface area contributed by atoms with Crippen molar-refractivity contribution in [2.45, 2.75) is 49.7 Å². The van der Waals surface area contributed by atoms with Crippen LogP contribution in [0.2, 0.25) is 0 Å². The molecule has 0 aromatic heterocycles. The van der Waals surface area contributed by atoms with Crippen LogP contribution in [-0.2, 0) is 14.8 Å². The number of carbonyl (C=O) groups excluding carboxylic acids is 1. The molecule has 1 fully saturated rings. The Kier molecular flexibility index (Phi) is 7.83. The number of hydrogen-bond donors (Lipinski definition) is 1. The summed E-state index contributed by atoms with van der Waals surface area (Å²) in [6.07, 6.45) is 5.11. The number of nitrogens with zero attached hydrogens (tertiary/aromatic N) is 1. The lowest BCUT2D eigenvalue weighted by molar-refractivity contribution is -0.119. The lowest BCUT2D eigenvalue weighted by Crippen LogP contribution is -2.41. The number of nitrogens with one attached hydrogen (secondary N) is 1. The summed E-state index contributed by atoms with van der Waals surface area (Å²) in [7, 11) is -3.86. The maximum atomic E-state index is 13.4. The molecule has 0 bridgehead atoms. The maximum Gasteiger partial charge on any atom is 0.264 e. The van der Waals surface area contributed by atoms with Crippen molar-refractivity contribution in [3.63, 3.8) is 0 Å². The van der Waals surface area contributed by atoms with Crippen LogP contribution in [0.1, 0.15) is 36.8 Å². The van der Waals surface area contributed by atoms with Crippen molar-refractivity contribution in [1.82, 2.24) is 5.32 Å². The Balaban J connectivity index is 1.73. The van der Waals surface area contributed by atoms with Gasteiger partial charge < -0.3 is 5.32 Å². The van der Waals surface area contributed by atoms with Crippen LogP contribution in [-0.4, -0.2) is 38.4 Å². The monoisotopic (exact) mass is 446 g/mol. The van der Waals surface area contributed by atoms with Gasteiger partial charge in [0.2, 0.25) is 5.91 Å². The summed E-state index contributed by atoms with van der Waals surface area (Å²) >= 11 is 1.90. The number of sulfonamides is 1. The van der Waals surface area contributed by atoms with E-state index >= 15 is 0 Å². The van der Waals surface area contributed by atoms with Crippen LogP contribution in [0.5, 0.6) is 0 Å². The van der Waals surface area contributed by atoms with E-state index in [-0.39, 0.29) is 17.3 Å². The second-order valence-electron chi connectivity index (χ2n) is 7.74. The fraction of sp³-hybridized carbons (Fsp3) is 0.435. The standard InChI is InChI=1S/C23H30N2O3S2/c1-18-12-13-22(19(2)16-18)25(30(27,28)21-10-4-3-5-11-21)17-23(26)24-14-15-29-20-8-6-7-9-20/h3-5,10-13,16,20H,6-9,14-15,17H2,1-2H3,(H,24,26). The van der Waals surface area contributed by atoms with E-state index in [1.807, 2.05) is 37.7 Å². The Morgan fingerprint density at radius 2 is 1.80 bits per heavy atom. The summed E-state index contributed by atoms with van der Waals surface area (Å²) in [6.45, 7) is 4.13. The zero-order chi connectivity index (χ0) is 21.6. The van der Waals surface area contributed by atoms with E-state index in [4.69, 9.17) is 0 Å². The highest BCUT2D eigenvalue weighted by Gasteiger charge is 2.28. The van der Waals surface area contributed by atoms with Gasteiger partial charge in [0, 0.05) is 17.5 Å². The molecule has 0 saturated heterocycles. The molecule has 0 atom stereocenters. The third-order valence-corrected chi connectivity index (χ3v) is 8.48. The van der Waals surface area contributed by atoms with Crippen molar-refractivity contribution < 1.29 is 13.2 Å². The number of carbonyl (C=O) groups is 1. The largest absolute Gasteiger partial charge is 0.354 e. The quantitative estimate of drug-likeness (QED) is 0.584. The van der Waals surface area contributed by atoms with Gasteiger partial charge in [0.15, 0.2) is 0 Å². The molecule has 1 saturated carbocycles. The van der Waals surface area contributed by atoms with E-state index in [2.05, 4.69) is 5.32 Å². The number of amides is 1. The molecule has 0 unspecified atom stereocenters. The van der Waals surface area contributed by atoms with E-state index in [0.717, 1.165) is 16.9 Å². The number of thioether (sulfide) groups is 1. The molecular formula is C23H30N2O3S2. The zero-order valence-corrected chi connectivity index (χ0v) is 19.3. The topological polar surface area (TPSA) is 66.5 Å². The molecule has 0 radical (unpaired) electrons. The zero-order valence-electron chi connectivity index (χ0n) is 17.6. The van der Waals surface area contributed by atoms with Gasteiger partial charge >= 0.3 is 0 Å². The van der Waals surface area contributed by atoms with Gasteiger partial charge in [0.05, 0.1) is 10.6 Å². The summed E-state index contributed by atoms with van der Waals surface area (Å²) in [6, 6.07) is 13.8. The predicted octanol–water partition coefficient (Wildman–Crippen LogP) is 4.29. The summed E-state index contributed by atoms with van der Waals surface area (Å²) in [4.78, 5) is 12.8. The van der Waals surface area contributed by atoms with Crippen molar-refractivity contribution in [2.75, 3.05) is 23.1 Å². The summed E-state index contributed by atoms with van der Waals surface area (Å²) in [5, 5.41) is 3.60. The molecule has 5 nitrogen and oxygen atoms in total. The third-order valence-electron chi connectivity index (χ3n) is 5.32. The minimum Gasteiger partial charge on any atom is -0.354 e. The Bertz CT molecular complexity index is 956. The van der Waals surface area contributed by atoms with Gasteiger partial charge in [0.1, 0.15) is 6.54 Å². The Morgan fingerprint density at radius 1 is 1.10 bits per heavy atom. The number of aryl methyl sites for hydroxylation is 2. The normalized spacial score (nSPS) is 14.6. The first-order chi connectivity index (χ1) is 14.4. The summed E-state index contributed by atoms with van der Waals surface area (Å²) in [5.41, 5.74) is 2.39. The third kappa shape index (κ3) is 5.79. The second-order valence-corrected chi connectivity index (χ2v) is 11.0. The molecule has 7 heteroatoms. The molecular weight excluding hydrogens is 416 g/mol. The van der Waals surface area contributed by atoms with Crippen molar-refractivity contribution >= 4 is 33.4 Å². The molecule has 1 aliphatic rings.